The number of ether oxygens (including phenoxy) is 2. The summed E-state index contributed by atoms with van der Waals surface area (Å²) in [6.45, 7) is 2.43. The van der Waals surface area contributed by atoms with Crippen molar-refractivity contribution in [3.63, 3.8) is 0 Å². The molecule has 0 saturated carbocycles. The fourth-order valence-electron chi connectivity index (χ4n) is 3.20. The second-order valence-corrected chi connectivity index (χ2v) is 6.33. The molecule has 142 valence electrons. The number of fused-ring (bicyclic) bond motifs is 1. The van der Waals surface area contributed by atoms with Crippen LogP contribution in [0.25, 0.3) is 10.9 Å². The molecule has 0 unspecified atom stereocenters. The third-order valence-electron chi connectivity index (χ3n) is 4.57. The molecule has 0 bridgehead atoms. The number of aryl methyl sites for hydroxylation is 1. The molecule has 0 aliphatic carbocycles. The second kappa shape index (κ2) is 7.57. The number of anilines is 2. The highest BCUT2D eigenvalue weighted by molar-refractivity contribution is 5.86. The molecule has 7 nitrogen and oxygen atoms in total. The van der Waals surface area contributed by atoms with Crippen molar-refractivity contribution in [2.75, 3.05) is 38.5 Å². The van der Waals surface area contributed by atoms with Crippen LogP contribution in [0.5, 0.6) is 11.5 Å². The van der Waals surface area contributed by atoms with E-state index in [4.69, 9.17) is 9.47 Å². The van der Waals surface area contributed by atoms with Crippen LogP contribution in [0.3, 0.4) is 0 Å². The summed E-state index contributed by atoms with van der Waals surface area (Å²) in [5, 5.41) is 3.63. The Morgan fingerprint density at radius 1 is 1.22 bits per heavy atom. The summed E-state index contributed by atoms with van der Waals surface area (Å²) in [5.41, 5.74) is 3.21. The summed E-state index contributed by atoms with van der Waals surface area (Å²) in [4.78, 5) is 22.1. The van der Waals surface area contributed by atoms with E-state index < -0.39 is 0 Å². The molecule has 7 heteroatoms. The predicted molar refractivity (Wildman–Crippen MR) is 108 cm³/mol. The molecule has 0 spiro atoms. The number of nitrogens with one attached hydrogen (secondary N) is 2. The summed E-state index contributed by atoms with van der Waals surface area (Å²) in [5.74, 6) is 1.61. The van der Waals surface area contributed by atoms with Crippen molar-refractivity contribution in [1.82, 2.24) is 9.97 Å². The van der Waals surface area contributed by atoms with E-state index in [2.05, 4.69) is 21.4 Å². The van der Waals surface area contributed by atoms with Crippen LogP contribution in [0, 0.1) is 6.92 Å². The quantitative estimate of drug-likeness (QED) is 0.696. The van der Waals surface area contributed by atoms with Gasteiger partial charge in [0.2, 0.25) is 5.95 Å². The van der Waals surface area contributed by atoms with Gasteiger partial charge in [-0.1, -0.05) is 12.1 Å². The number of methoxy groups -OCH3 is 2. The van der Waals surface area contributed by atoms with Crippen molar-refractivity contribution >= 4 is 22.5 Å². The second-order valence-electron chi connectivity index (χ2n) is 6.33. The third-order valence-corrected chi connectivity index (χ3v) is 4.57. The minimum absolute atomic E-state index is 0.298. The zero-order chi connectivity index (χ0) is 19.6. The van der Waals surface area contributed by atoms with E-state index >= 15 is 0 Å². The first-order chi connectivity index (χ1) is 13.0. The molecule has 0 saturated heterocycles. The molecule has 1 aromatic heterocycles. The van der Waals surface area contributed by atoms with E-state index in [1.54, 1.807) is 20.3 Å². The van der Waals surface area contributed by atoms with Gasteiger partial charge in [0, 0.05) is 38.0 Å². The SMILES string of the molecule is CNc1cccc(CN(C)c2nc(=O)c3c(C)c(OC)c(OC)cc3[nH]2)c1. The molecule has 0 fully saturated rings. The lowest BCUT2D eigenvalue weighted by molar-refractivity contribution is 0.354. The number of H-pyrrole nitrogens is 1. The van der Waals surface area contributed by atoms with Crippen LogP contribution in [-0.2, 0) is 6.54 Å². The molecule has 3 aromatic rings. The number of aromatic nitrogens is 2. The van der Waals surface area contributed by atoms with E-state index in [0.717, 1.165) is 11.3 Å². The summed E-state index contributed by atoms with van der Waals surface area (Å²) in [6, 6.07) is 9.86. The Morgan fingerprint density at radius 3 is 2.67 bits per heavy atom. The zero-order valence-electron chi connectivity index (χ0n) is 16.2. The molecule has 0 radical (unpaired) electrons. The molecular formula is C20H24N4O3. The Labute approximate surface area is 157 Å². The van der Waals surface area contributed by atoms with Gasteiger partial charge in [-0.25, -0.2) is 0 Å². The van der Waals surface area contributed by atoms with Gasteiger partial charge in [-0.3, -0.25) is 4.79 Å². The molecule has 0 aliphatic heterocycles. The van der Waals surface area contributed by atoms with Crippen LogP contribution in [-0.4, -0.2) is 38.3 Å². The van der Waals surface area contributed by atoms with Crippen LogP contribution in [0.4, 0.5) is 11.6 Å². The van der Waals surface area contributed by atoms with Gasteiger partial charge in [-0.2, -0.15) is 4.98 Å². The van der Waals surface area contributed by atoms with Gasteiger partial charge < -0.3 is 24.7 Å². The first-order valence-corrected chi connectivity index (χ1v) is 8.62. The van der Waals surface area contributed by atoms with Crippen molar-refractivity contribution in [1.29, 1.82) is 0 Å². The maximum absolute atomic E-state index is 12.7. The molecule has 2 aromatic carbocycles. The number of aromatic amines is 1. The average molecular weight is 368 g/mol. The van der Waals surface area contributed by atoms with Gasteiger partial charge in [0.1, 0.15) is 0 Å². The van der Waals surface area contributed by atoms with Crippen molar-refractivity contribution in [3.05, 3.63) is 51.8 Å². The lowest BCUT2D eigenvalue weighted by Gasteiger charge is -2.19. The Kier molecular flexibility index (Phi) is 5.21. The summed E-state index contributed by atoms with van der Waals surface area (Å²) < 4.78 is 10.8. The summed E-state index contributed by atoms with van der Waals surface area (Å²) >= 11 is 0. The molecule has 3 rings (SSSR count). The van der Waals surface area contributed by atoms with E-state index in [9.17, 15) is 4.79 Å². The number of rotatable bonds is 6. The van der Waals surface area contributed by atoms with Gasteiger partial charge in [0.05, 0.1) is 25.1 Å². The highest BCUT2D eigenvalue weighted by Gasteiger charge is 2.17. The Hall–Kier alpha value is -3.22. The lowest BCUT2D eigenvalue weighted by atomic mass is 10.1. The van der Waals surface area contributed by atoms with Gasteiger partial charge >= 0.3 is 0 Å². The fourth-order valence-corrected chi connectivity index (χ4v) is 3.20. The molecule has 0 atom stereocenters. The molecule has 2 N–H and O–H groups in total. The Bertz CT molecular complexity index is 1030. The topological polar surface area (TPSA) is 79.5 Å². The molecular weight excluding hydrogens is 344 g/mol. The first-order valence-electron chi connectivity index (χ1n) is 8.62. The van der Waals surface area contributed by atoms with E-state index in [1.807, 2.05) is 44.1 Å². The predicted octanol–water partition coefficient (Wildman–Crippen LogP) is 2.93. The van der Waals surface area contributed by atoms with Crippen molar-refractivity contribution < 1.29 is 9.47 Å². The highest BCUT2D eigenvalue weighted by Crippen LogP contribution is 2.35. The Balaban J connectivity index is 2.03. The van der Waals surface area contributed by atoms with Crippen molar-refractivity contribution in [2.24, 2.45) is 0 Å². The van der Waals surface area contributed by atoms with Crippen molar-refractivity contribution in [2.45, 2.75) is 13.5 Å². The van der Waals surface area contributed by atoms with Gasteiger partial charge in [-0.05, 0) is 24.6 Å². The van der Waals surface area contributed by atoms with E-state index in [0.29, 0.717) is 40.5 Å². The standard InChI is InChI=1S/C20H24N4O3/c1-12-17-15(10-16(26-4)18(12)27-5)22-20(23-19(17)25)24(3)11-13-7-6-8-14(9-13)21-2/h6-10,21H,11H2,1-5H3,(H,22,23,25). The van der Waals surface area contributed by atoms with Crippen molar-refractivity contribution in [3.8, 4) is 11.5 Å². The Morgan fingerprint density at radius 2 is 2.00 bits per heavy atom. The van der Waals surface area contributed by atoms with Gasteiger partial charge in [0.15, 0.2) is 11.5 Å². The number of benzene rings is 2. The maximum Gasteiger partial charge on any atom is 0.282 e. The number of hydrogen-bond acceptors (Lipinski definition) is 6. The van der Waals surface area contributed by atoms with Crippen LogP contribution >= 0.6 is 0 Å². The minimum Gasteiger partial charge on any atom is -0.493 e. The van der Waals surface area contributed by atoms with E-state index in [-0.39, 0.29) is 5.56 Å². The third kappa shape index (κ3) is 3.53. The first kappa shape index (κ1) is 18.6. The lowest BCUT2D eigenvalue weighted by Crippen LogP contribution is -2.23. The van der Waals surface area contributed by atoms with Crippen LogP contribution in [0.15, 0.2) is 35.1 Å². The monoisotopic (exact) mass is 368 g/mol. The number of hydrogen-bond donors (Lipinski definition) is 2. The molecule has 0 amide bonds. The molecule has 0 aliphatic rings. The normalized spacial score (nSPS) is 10.7. The van der Waals surface area contributed by atoms with Gasteiger partial charge in [0.25, 0.3) is 5.56 Å². The molecule has 1 heterocycles. The van der Waals surface area contributed by atoms with Crippen LogP contribution < -0.4 is 25.2 Å². The van der Waals surface area contributed by atoms with E-state index in [1.165, 1.54) is 0 Å². The van der Waals surface area contributed by atoms with Crippen LogP contribution in [0.1, 0.15) is 11.1 Å². The average Bonchev–Trinajstić information content (AvgIpc) is 2.67. The largest absolute Gasteiger partial charge is 0.493 e. The highest BCUT2D eigenvalue weighted by atomic mass is 16.5. The summed E-state index contributed by atoms with van der Waals surface area (Å²) in [7, 11) is 6.91. The van der Waals surface area contributed by atoms with Crippen LogP contribution in [0.2, 0.25) is 0 Å². The molecule has 27 heavy (non-hydrogen) atoms. The van der Waals surface area contributed by atoms with Gasteiger partial charge in [-0.15, -0.1) is 0 Å². The smallest absolute Gasteiger partial charge is 0.282 e. The fraction of sp³-hybridized carbons (Fsp3) is 0.300. The minimum atomic E-state index is -0.298. The number of nitrogens with zero attached hydrogens (tertiary/aromatic N) is 2. The maximum atomic E-state index is 12.7. The zero-order valence-corrected chi connectivity index (χ0v) is 16.2. The summed E-state index contributed by atoms with van der Waals surface area (Å²) in [6.07, 6.45) is 0.